The Bertz CT molecular complexity index is 464. The van der Waals surface area contributed by atoms with Crippen molar-refractivity contribution in [3.63, 3.8) is 0 Å². The Morgan fingerprint density at radius 1 is 1.10 bits per heavy atom. The molecule has 6 atom stereocenters. The van der Waals surface area contributed by atoms with E-state index in [4.69, 9.17) is 0 Å². The highest BCUT2D eigenvalue weighted by Gasteiger charge is 2.58. The van der Waals surface area contributed by atoms with Crippen LogP contribution < -0.4 is 0 Å². The standard InChI is InChI=1S/C19H28O/c1-18-9-5-7-14(18)13-12-17(20)16-6-3-4-10-19(16,2)15(13)8-11-18/h5,9,13-16H,3-4,6-8,10-12H2,1-2H3/t13-,14-,15-,16+,18-,19+/m0/s1. The fourth-order valence-electron chi connectivity index (χ4n) is 6.58. The molecule has 0 radical (unpaired) electrons. The van der Waals surface area contributed by atoms with Crippen LogP contribution in [0.25, 0.3) is 0 Å². The Kier molecular flexibility index (Phi) is 2.76. The third kappa shape index (κ3) is 1.58. The minimum atomic E-state index is 0.335. The molecule has 0 unspecified atom stereocenters. The zero-order chi connectivity index (χ0) is 14.0. The molecule has 4 aliphatic rings. The first-order chi connectivity index (χ1) is 9.55. The average molecular weight is 272 g/mol. The minimum Gasteiger partial charge on any atom is -0.299 e. The van der Waals surface area contributed by atoms with Gasteiger partial charge in [-0.2, -0.15) is 0 Å². The van der Waals surface area contributed by atoms with Crippen molar-refractivity contribution in [1.82, 2.24) is 0 Å². The van der Waals surface area contributed by atoms with Crippen LogP contribution in [0.2, 0.25) is 0 Å². The van der Waals surface area contributed by atoms with Gasteiger partial charge in [-0.1, -0.05) is 38.8 Å². The molecule has 1 nitrogen and oxygen atoms in total. The van der Waals surface area contributed by atoms with E-state index in [1.807, 2.05) is 0 Å². The van der Waals surface area contributed by atoms with Gasteiger partial charge in [-0.15, -0.1) is 0 Å². The minimum absolute atomic E-state index is 0.335. The molecule has 0 heterocycles. The summed E-state index contributed by atoms with van der Waals surface area (Å²) in [7, 11) is 0. The first-order valence-corrected chi connectivity index (χ1v) is 8.75. The summed E-state index contributed by atoms with van der Waals surface area (Å²) < 4.78 is 0. The Hall–Kier alpha value is -0.590. The summed E-state index contributed by atoms with van der Waals surface area (Å²) in [5.41, 5.74) is 0.738. The number of allylic oxidation sites excluding steroid dienone is 2. The van der Waals surface area contributed by atoms with Crippen molar-refractivity contribution in [3.8, 4) is 0 Å². The van der Waals surface area contributed by atoms with E-state index in [1.54, 1.807) is 0 Å². The molecule has 3 fully saturated rings. The van der Waals surface area contributed by atoms with Gasteiger partial charge < -0.3 is 0 Å². The summed E-state index contributed by atoms with van der Waals surface area (Å²) in [6.07, 6.45) is 14.8. The summed E-state index contributed by atoms with van der Waals surface area (Å²) in [4.78, 5) is 12.8. The lowest BCUT2D eigenvalue weighted by Crippen LogP contribution is -2.55. The number of rotatable bonds is 0. The highest BCUT2D eigenvalue weighted by molar-refractivity contribution is 5.83. The van der Waals surface area contributed by atoms with E-state index in [0.29, 0.717) is 28.4 Å². The van der Waals surface area contributed by atoms with Crippen LogP contribution >= 0.6 is 0 Å². The molecule has 0 bridgehead atoms. The predicted molar refractivity (Wildman–Crippen MR) is 81.3 cm³/mol. The maximum absolute atomic E-state index is 12.8. The second-order valence-electron chi connectivity index (χ2n) is 8.53. The van der Waals surface area contributed by atoms with Crippen LogP contribution in [0.4, 0.5) is 0 Å². The molecule has 0 spiro atoms. The van der Waals surface area contributed by atoms with Crippen molar-refractivity contribution >= 4 is 5.78 Å². The summed E-state index contributed by atoms with van der Waals surface area (Å²) in [6, 6.07) is 0. The molecule has 0 amide bonds. The van der Waals surface area contributed by atoms with Crippen LogP contribution in [0.3, 0.4) is 0 Å². The molecule has 110 valence electrons. The SMILES string of the molecule is C[C@]12CCCC[C@@H]1C(=O)C[C@@H]1[C@@H]2CC[C@]2(C)C=CC[C@@H]12. The number of hydrogen-bond acceptors (Lipinski definition) is 1. The molecule has 1 heteroatoms. The molecule has 0 aromatic carbocycles. The maximum Gasteiger partial charge on any atom is 0.136 e. The van der Waals surface area contributed by atoms with E-state index < -0.39 is 0 Å². The van der Waals surface area contributed by atoms with Crippen molar-refractivity contribution < 1.29 is 4.79 Å². The lowest BCUT2D eigenvalue weighted by molar-refractivity contribution is -0.150. The smallest absolute Gasteiger partial charge is 0.136 e. The van der Waals surface area contributed by atoms with Crippen molar-refractivity contribution in [2.75, 3.05) is 0 Å². The summed E-state index contributed by atoms with van der Waals surface area (Å²) in [6.45, 7) is 4.91. The van der Waals surface area contributed by atoms with E-state index >= 15 is 0 Å². The van der Waals surface area contributed by atoms with Gasteiger partial charge in [0.1, 0.15) is 5.78 Å². The van der Waals surface area contributed by atoms with E-state index in [0.717, 1.165) is 18.3 Å². The van der Waals surface area contributed by atoms with Gasteiger partial charge in [0, 0.05) is 12.3 Å². The second kappa shape index (κ2) is 4.21. The number of carbonyl (C=O) groups excluding carboxylic acids is 1. The van der Waals surface area contributed by atoms with Gasteiger partial charge in [-0.05, 0) is 60.7 Å². The largest absolute Gasteiger partial charge is 0.299 e. The molecular weight excluding hydrogens is 244 g/mol. The summed E-state index contributed by atoms with van der Waals surface area (Å²) >= 11 is 0. The van der Waals surface area contributed by atoms with Gasteiger partial charge in [0.15, 0.2) is 0 Å². The molecule has 0 saturated heterocycles. The van der Waals surface area contributed by atoms with Gasteiger partial charge >= 0.3 is 0 Å². The normalized spacial score (nSPS) is 54.2. The lowest BCUT2D eigenvalue weighted by Gasteiger charge is -2.59. The van der Waals surface area contributed by atoms with Crippen LogP contribution in [0, 0.1) is 34.5 Å². The van der Waals surface area contributed by atoms with Crippen LogP contribution in [-0.2, 0) is 4.79 Å². The molecular formula is C19H28O. The quantitative estimate of drug-likeness (QED) is 0.581. The predicted octanol–water partition coefficient (Wildman–Crippen LogP) is 4.76. The first-order valence-electron chi connectivity index (χ1n) is 8.75. The monoisotopic (exact) mass is 272 g/mol. The van der Waals surface area contributed by atoms with E-state index in [1.165, 1.54) is 44.9 Å². The fraction of sp³-hybridized carbons (Fsp3) is 0.842. The molecule has 4 aliphatic carbocycles. The molecule has 20 heavy (non-hydrogen) atoms. The number of fused-ring (bicyclic) bond motifs is 5. The summed E-state index contributed by atoms with van der Waals surface area (Å²) in [5.74, 6) is 3.27. The van der Waals surface area contributed by atoms with Gasteiger partial charge in [0.05, 0.1) is 0 Å². The van der Waals surface area contributed by atoms with E-state index in [-0.39, 0.29) is 0 Å². The fourth-order valence-corrected chi connectivity index (χ4v) is 6.58. The number of ketones is 1. The Morgan fingerprint density at radius 2 is 1.95 bits per heavy atom. The molecule has 0 aromatic rings. The van der Waals surface area contributed by atoms with E-state index in [2.05, 4.69) is 26.0 Å². The molecule has 3 saturated carbocycles. The van der Waals surface area contributed by atoms with Crippen molar-refractivity contribution in [2.45, 2.75) is 65.2 Å². The molecule has 0 aromatic heterocycles. The zero-order valence-electron chi connectivity index (χ0n) is 13.0. The van der Waals surface area contributed by atoms with Gasteiger partial charge in [-0.3, -0.25) is 4.79 Å². The maximum atomic E-state index is 12.8. The second-order valence-corrected chi connectivity index (χ2v) is 8.53. The van der Waals surface area contributed by atoms with E-state index in [9.17, 15) is 4.79 Å². The zero-order valence-corrected chi connectivity index (χ0v) is 13.0. The lowest BCUT2D eigenvalue weighted by atomic mass is 9.45. The number of hydrogen-bond donors (Lipinski definition) is 0. The van der Waals surface area contributed by atoms with Gasteiger partial charge in [0.2, 0.25) is 0 Å². The third-order valence-electron chi connectivity index (χ3n) is 7.69. The Labute approximate surface area is 123 Å². The third-order valence-corrected chi connectivity index (χ3v) is 7.69. The highest BCUT2D eigenvalue weighted by atomic mass is 16.1. The molecule has 0 aliphatic heterocycles. The van der Waals surface area contributed by atoms with Crippen molar-refractivity contribution in [3.05, 3.63) is 12.2 Å². The highest BCUT2D eigenvalue weighted by Crippen LogP contribution is 2.64. The number of carbonyl (C=O) groups is 1. The van der Waals surface area contributed by atoms with Gasteiger partial charge in [0.25, 0.3) is 0 Å². The van der Waals surface area contributed by atoms with Crippen LogP contribution in [0.15, 0.2) is 12.2 Å². The average Bonchev–Trinajstić information content (AvgIpc) is 2.81. The molecule has 4 rings (SSSR count). The first kappa shape index (κ1) is 13.1. The Balaban J connectivity index is 1.70. The topological polar surface area (TPSA) is 17.1 Å². The van der Waals surface area contributed by atoms with Crippen molar-refractivity contribution in [2.24, 2.45) is 34.5 Å². The molecule has 0 N–H and O–H groups in total. The van der Waals surface area contributed by atoms with Crippen LogP contribution in [0.5, 0.6) is 0 Å². The van der Waals surface area contributed by atoms with Gasteiger partial charge in [-0.25, -0.2) is 0 Å². The number of Topliss-reactive ketones (excluding diaryl/α,β-unsaturated/α-hetero) is 1. The van der Waals surface area contributed by atoms with Crippen LogP contribution in [-0.4, -0.2) is 5.78 Å². The Morgan fingerprint density at radius 3 is 2.80 bits per heavy atom. The van der Waals surface area contributed by atoms with Crippen molar-refractivity contribution in [1.29, 1.82) is 0 Å². The van der Waals surface area contributed by atoms with Crippen LogP contribution in [0.1, 0.15) is 65.2 Å². The summed E-state index contributed by atoms with van der Waals surface area (Å²) in [5, 5.41) is 0.